The number of benzene rings is 3. The molecule has 0 spiro atoms. The lowest BCUT2D eigenvalue weighted by Gasteiger charge is -2.29. The minimum absolute atomic E-state index is 0.171. The van der Waals surface area contributed by atoms with Gasteiger partial charge in [0.05, 0.1) is 16.4 Å². The number of halogens is 3. The molecule has 2 N–H and O–H groups in total. The van der Waals surface area contributed by atoms with Gasteiger partial charge >= 0.3 is 0 Å². The van der Waals surface area contributed by atoms with Crippen molar-refractivity contribution in [2.45, 2.75) is 26.9 Å². The zero-order chi connectivity index (χ0) is 21.4. The normalized spacial score (nSPS) is 16.1. The van der Waals surface area contributed by atoms with Crippen LogP contribution in [0.1, 0.15) is 23.6 Å². The van der Waals surface area contributed by atoms with Gasteiger partial charge in [0.25, 0.3) is 0 Å². The summed E-state index contributed by atoms with van der Waals surface area (Å²) in [6, 6.07) is 17.2. The molecule has 0 saturated carbocycles. The Morgan fingerprint density at radius 3 is 2.40 bits per heavy atom. The molecule has 3 aromatic rings. The maximum Gasteiger partial charge on any atom is 0.137 e. The third kappa shape index (κ3) is 3.61. The van der Waals surface area contributed by atoms with Crippen LogP contribution in [0, 0.1) is 25.5 Å². The molecule has 0 amide bonds. The first-order valence-corrected chi connectivity index (χ1v) is 10.1. The second-order valence-electron chi connectivity index (χ2n) is 7.38. The molecule has 30 heavy (non-hydrogen) atoms. The Kier molecular flexibility index (Phi) is 5.39. The molecule has 0 fully saturated rings. The van der Waals surface area contributed by atoms with Gasteiger partial charge in [0.2, 0.25) is 0 Å². The van der Waals surface area contributed by atoms with Crippen LogP contribution in [0.15, 0.2) is 66.5 Å². The van der Waals surface area contributed by atoms with Gasteiger partial charge in [-0.25, -0.2) is 8.78 Å². The van der Waals surface area contributed by atoms with Crippen molar-refractivity contribution >= 4 is 28.7 Å². The van der Waals surface area contributed by atoms with Gasteiger partial charge in [-0.1, -0.05) is 41.9 Å². The molecule has 1 aliphatic heterocycles. The molecule has 154 valence electrons. The van der Waals surface area contributed by atoms with Crippen molar-refractivity contribution < 1.29 is 8.78 Å². The van der Waals surface area contributed by atoms with E-state index < -0.39 is 11.6 Å². The molecule has 0 aliphatic carbocycles. The van der Waals surface area contributed by atoms with Crippen LogP contribution < -0.4 is 15.5 Å². The first-order chi connectivity index (χ1) is 14.4. The van der Waals surface area contributed by atoms with E-state index in [0.717, 1.165) is 28.6 Å². The summed E-state index contributed by atoms with van der Waals surface area (Å²) in [5, 5.41) is 7.34. The highest BCUT2D eigenvalue weighted by Crippen LogP contribution is 2.37. The number of nitrogens with zero attached hydrogens (tertiary/aromatic N) is 1. The van der Waals surface area contributed by atoms with Crippen molar-refractivity contribution in [2.75, 3.05) is 10.2 Å². The highest BCUT2D eigenvalue weighted by molar-refractivity contribution is 6.33. The number of para-hydroxylation sites is 2. The average Bonchev–Trinajstić information content (AvgIpc) is 3.01. The minimum atomic E-state index is -0.633. The zero-order valence-corrected chi connectivity index (χ0v) is 17.7. The van der Waals surface area contributed by atoms with E-state index in [0.29, 0.717) is 16.5 Å². The van der Waals surface area contributed by atoms with E-state index in [1.165, 1.54) is 12.1 Å². The minimum Gasteiger partial charge on any atom is -0.362 e. The summed E-state index contributed by atoms with van der Waals surface area (Å²) in [4.78, 5) is 2.07. The number of aryl methyl sites for hydroxylation is 2. The Morgan fingerprint density at radius 2 is 1.70 bits per heavy atom. The summed E-state index contributed by atoms with van der Waals surface area (Å²) >= 11 is 6.47. The first-order valence-electron chi connectivity index (χ1n) is 9.70. The van der Waals surface area contributed by atoms with Gasteiger partial charge in [0.15, 0.2) is 0 Å². The standard InChI is InChI=1S/C24H22ClF2N3/c1-14-7-4-5-10-21(14)30-16(3)28-23(18-12-11-17(26)13-20(18)27)24(30)29-22-15(2)8-6-9-19(22)25/h4-13,16,28-29H,1-3H3. The number of nitrogens with one attached hydrogen (secondary N) is 2. The van der Waals surface area contributed by atoms with E-state index in [2.05, 4.69) is 15.5 Å². The fourth-order valence-electron chi connectivity index (χ4n) is 3.75. The molecule has 1 atom stereocenters. The van der Waals surface area contributed by atoms with Crippen LogP contribution in [0.2, 0.25) is 5.02 Å². The summed E-state index contributed by atoms with van der Waals surface area (Å²) in [7, 11) is 0. The second kappa shape index (κ2) is 8.00. The van der Waals surface area contributed by atoms with E-state index in [1.807, 2.05) is 57.2 Å². The summed E-state index contributed by atoms with van der Waals surface area (Å²) in [6.45, 7) is 5.97. The predicted molar refractivity (Wildman–Crippen MR) is 119 cm³/mol. The van der Waals surface area contributed by atoms with E-state index in [4.69, 9.17) is 11.6 Å². The van der Waals surface area contributed by atoms with Gasteiger partial charge < -0.3 is 15.5 Å². The number of anilines is 2. The topological polar surface area (TPSA) is 27.3 Å². The van der Waals surface area contributed by atoms with E-state index in [9.17, 15) is 8.78 Å². The molecule has 3 aromatic carbocycles. The zero-order valence-electron chi connectivity index (χ0n) is 16.9. The third-order valence-corrected chi connectivity index (χ3v) is 5.57. The van der Waals surface area contributed by atoms with Gasteiger partial charge in [0, 0.05) is 17.3 Å². The van der Waals surface area contributed by atoms with E-state index in [1.54, 1.807) is 6.07 Å². The average molecular weight is 426 g/mol. The Labute approximate surface area is 180 Å². The van der Waals surface area contributed by atoms with Crippen LogP contribution in [0.3, 0.4) is 0 Å². The monoisotopic (exact) mass is 425 g/mol. The van der Waals surface area contributed by atoms with Gasteiger partial charge in [-0.3, -0.25) is 0 Å². The lowest BCUT2D eigenvalue weighted by molar-refractivity contribution is 0.579. The molecule has 0 aromatic heterocycles. The molecule has 1 unspecified atom stereocenters. The molecular weight excluding hydrogens is 404 g/mol. The molecule has 0 saturated heterocycles. The van der Waals surface area contributed by atoms with Crippen molar-refractivity contribution in [1.82, 2.24) is 5.32 Å². The van der Waals surface area contributed by atoms with E-state index >= 15 is 0 Å². The molecule has 0 radical (unpaired) electrons. The predicted octanol–water partition coefficient (Wildman–Crippen LogP) is 6.43. The maximum atomic E-state index is 14.7. The molecule has 3 nitrogen and oxygen atoms in total. The van der Waals surface area contributed by atoms with Crippen LogP contribution in [-0.2, 0) is 0 Å². The van der Waals surface area contributed by atoms with Crippen LogP contribution >= 0.6 is 11.6 Å². The van der Waals surface area contributed by atoms with Crippen molar-refractivity contribution in [3.8, 4) is 0 Å². The quantitative estimate of drug-likeness (QED) is 0.504. The van der Waals surface area contributed by atoms with Crippen LogP contribution in [0.4, 0.5) is 20.2 Å². The van der Waals surface area contributed by atoms with E-state index in [-0.39, 0.29) is 11.7 Å². The Hall–Kier alpha value is -3.05. The lowest BCUT2D eigenvalue weighted by Crippen LogP contribution is -2.36. The molecule has 6 heteroatoms. The third-order valence-electron chi connectivity index (χ3n) is 5.26. The largest absolute Gasteiger partial charge is 0.362 e. The summed E-state index contributed by atoms with van der Waals surface area (Å²) in [5.74, 6) is -0.597. The SMILES string of the molecule is Cc1ccccc1N1C(Nc2c(C)cccc2Cl)=C(c2ccc(F)cc2F)NC1C. The second-order valence-corrected chi connectivity index (χ2v) is 7.79. The van der Waals surface area contributed by atoms with Crippen molar-refractivity contribution in [1.29, 1.82) is 0 Å². The highest BCUT2D eigenvalue weighted by Gasteiger charge is 2.33. The molecular formula is C24H22ClF2N3. The van der Waals surface area contributed by atoms with Crippen molar-refractivity contribution in [3.05, 3.63) is 99.8 Å². The fourth-order valence-corrected chi connectivity index (χ4v) is 4.02. The highest BCUT2D eigenvalue weighted by atomic mass is 35.5. The molecule has 1 aliphatic rings. The van der Waals surface area contributed by atoms with Gasteiger partial charge in [-0.15, -0.1) is 0 Å². The molecule has 4 rings (SSSR count). The lowest BCUT2D eigenvalue weighted by atomic mass is 10.1. The number of hydrogen-bond acceptors (Lipinski definition) is 3. The van der Waals surface area contributed by atoms with Gasteiger partial charge in [-0.2, -0.15) is 0 Å². The maximum absolute atomic E-state index is 14.7. The molecule has 0 bridgehead atoms. The van der Waals surface area contributed by atoms with Crippen LogP contribution in [0.5, 0.6) is 0 Å². The number of rotatable bonds is 4. The summed E-state index contributed by atoms with van der Waals surface area (Å²) < 4.78 is 28.3. The van der Waals surface area contributed by atoms with Gasteiger partial charge in [0.1, 0.15) is 23.6 Å². The number of hydrogen-bond donors (Lipinski definition) is 2. The fraction of sp³-hybridized carbons (Fsp3) is 0.167. The van der Waals surface area contributed by atoms with Crippen molar-refractivity contribution in [3.63, 3.8) is 0 Å². The summed E-state index contributed by atoms with van der Waals surface area (Å²) in [5.41, 5.74) is 4.57. The van der Waals surface area contributed by atoms with Crippen LogP contribution in [-0.4, -0.2) is 6.17 Å². The summed E-state index contributed by atoms with van der Waals surface area (Å²) in [6.07, 6.45) is -0.171. The first kappa shape index (κ1) is 20.2. The van der Waals surface area contributed by atoms with Crippen molar-refractivity contribution in [2.24, 2.45) is 0 Å². The van der Waals surface area contributed by atoms with Gasteiger partial charge in [-0.05, 0) is 56.2 Å². The van der Waals surface area contributed by atoms with Crippen LogP contribution in [0.25, 0.3) is 5.70 Å². The smallest absolute Gasteiger partial charge is 0.137 e. The Bertz CT molecular complexity index is 1120. The molecule has 1 heterocycles. The Morgan fingerprint density at radius 1 is 0.967 bits per heavy atom. The Balaban J connectivity index is 1.92.